The smallest absolute Gasteiger partial charge is 0.326 e. The molecule has 1 rings (SSSR count). The summed E-state index contributed by atoms with van der Waals surface area (Å²) < 4.78 is 0. The highest BCUT2D eigenvalue weighted by molar-refractivity contribution is 5.82. The first-order chi connectivity index (χ1) is 8.86. The number of amides is 2. The lowest BCUT2D eigenvalue weighted by molar-refractivity contribution is -0.139. The van der Waals surface area contributed by atoms with Crippen molar-refractivity contribution in [3.05, 3.63) is 12.7 Å². The fraction of sp³-hybridized carbons (Fsp3) is 0.714. The molecular weight excluding hydrogens is 244 g/mol. The maximum absolute atomic E-state index is 11.9. The zero-order chi connectivity index (χ0) is 14.5. The molecule has 0 saturated heterocycles. The Balaban J connectivity index is 2.53. The highest BCUT2D eigenvalue weighted by atomic mass is 16.4. The molecule has 1 aliphatic rings. The Bertz CT molecular complexity index is 353. The summed E-state index contributed by atoms with van der Waals surface area (Å²) in [5.74, 6) is -1.04. The molecule has 5 nitrogen and oxygen atoms in total. The van der Waals surface area contributed by atoms with Crippen molar-refractivity contribution in [2.45, 2.75) is 58.0 Å². The Morgan fingerprint density at radius 2 is 2.16 bits per heavy atom. The monoisotopic (exact) mass is 268 g/mol. The van der Waals surface area contributed by atoms with Crippen LogP contribution in [0, 0.1) is 5.41 Å². The fourth-order valence-corrected chi connectivity index (χ4v) is 2.51. The van der Waals surface area contributed by atoms with Gasteiger partial charge in [0.1, 0.15) is 6.04 Å². The predicted molar refractivity (Wildman–Crippen MR) is 73.9 cm³/mol. The Morgan fingerprint density at radius 3 is 2.68 bits per heavy atom. The van der Waals surface area contributed by atoms with Gasteiger partial charge in [0.15, 0.2) is 0 Å². The normalized spacial score (nSPS) is 23.2. The summed E-state index contributed by atoms with van der Waals surface area (Å²) in [5, 5.41) is 14.4. The van der Waals surface area contributed by atoms with Crippen LogP contribution in [0.3, 0.4) is 0 Å². The number of rotatable bonds is 5. The molecular formula is C14H24N2O3. The molecule has 0 bridgehead atoms. The Morgan fingerprint density at radius 1 is 1.47 bits per heavy atom. The lowest BCUT2D eigenvalue weighted by Gasteiger charge is -2.39. The highest BCUT2D eigenvalue weighted by Crippen LogP contribution is 2.35. The van der Waals surface area contributed by atoms with Crippen LogP contribution in [0.1, 0.15) is 46.0 Å². The van der Waals surface area contributed by atoms with Gasteiger partial charge in [-0.1, -0.05) is 32.8 Å². The summed E-state index contributed by atoms with van der Waals surface area (Å²) in [6, 6.07) is -1.22. The number of urea groups is 1. The van der Waals surface area contributed by atoms with Crippen LogP contribution in [-0.2, 0) is 4.79 Å². The van der Waals surface area contributed by atoms with E-state index in [4.69, 9.17) is 5.11 Å². The molecule has 2 atom stereocenters. The van der Waals surface area contributed by atoms with Gasteiger partial charge in [-0.3, -0.25) is 0 Å². The molecule has 19 heavy (non-hydrogen) atoms. The largest absolute Gasteiger partial charge is 0.480 e. The van der Waals surface area contributed by atoms with E-state index in [9.17, 15) is 9.59 Å². The molecule has 0 aliphatic heterocycles. The number of carbonyl (C=O) groups is 2. The molecule has 2 unspecified atom stereocenters. The van der Waals surface area contributed by atoms with Gasteiger partial charge in [0.05, 0.1) is 0 Å². The number of carboxylic acid groups (broad SMARTS) is 1. The van der Waals surface area contributed by atoms with Crippen molar-refractivity contribution in [2.75, 3.05) is 0 Å². The zero-order valence-electron chi connectivity index (χ0n) is 11.7. The van der Waals surface area contributed by atoms with Gasteiger partial charge < -0.3 is 15.7 Å². The second-order valence-corrected chi connectivity index (χ2v) is 5.82. The maximum Gasteiger partial charge on any atom is 0.326 e. The second-order valence-electron chi connectivity index (χ2n) is 5.82. The van der Waals surface area contributed by atoms with Crippen molar-refractivity contribution >= 4 is 12.0 Å². The third-order valence-electron chi connectivity index (χ3n) is 3.82. The van der Waals surface area contributed by atoms with Crippen molar-refractivity contribution in [3.8, 4) is 0 Å². The van der Waals surface area contributed by atoms with Crippen molar-refractivity contribution in [1.29, 1.82) is 0 Å². The SMILES string of the molecule is C=CCC(NC(=O)NC1CCCCC1(C)C)C(=O)O. The van der Waals surface area contributed by atoms with Crippen LogP contribution >= 0.6 is 0 Å². The van der Waals surface area contributed by atoms with Gasteiger partial charge >= 0.3 is 12.0 Å². The number of hydrogen-bond acceptors (Lipinski definition) is 2. The van der Waals surface area contributed by atoms with E-state index in [0.29, 0.717) is 0 Å². The first-order valence-corrected chi connectivity index (χ1v) is 6.77. The minimum absolute atomic E-state index is 0.0622. The molecule has 3 N–H and O–H groups in total. The summed E-state index contributed by atoms with van der Waals surface area (Å²) in [6.07, 6.45) is 6.01. The Hall–Kier alpha value is -1.52. The third-order valence-corrected chi connectivity index (χ3v) is 3.82. The molecule has 0 aromatic rings. The third kappa shape index (κ3) is 4.58. The van der Waals surface area contributed by atoms with Crippen LogP contribution in [0.25, 0.3) is 0 Å². The van der Waals surface area contributed by atoms with E-state index in [1.807, 2.05) is 0 Å². The molecule has 1 saturated carbocycles. The van der Waals surface area contributed by atoms with Crippen LogP contribution in [-0.4, -0.2) is 29.2 Å². The highest BCUT2D eigenvalue weighted by Gasteiger charge is 2.33. The van der Waals surface area contributed by atoms with E-state index in [0.717, 1.165) is 19.3 Å². The van der Waals surface area contributed by atoms with Crippen LogP contribution in [0.4, 0.5) is 4.79 Å². The van der Waals surface area contributed by atoms with Gasteiger partial charge in [0, 0.05) is 6.04 Å². The summed E-state index contributed by atoms with van der Waals surface area (Å²) in [7, 11) is 0. The topological polar surface area (TPSA) is 78.4 Å². The van der Waals surface area contributed by atoms with Crippen LogP contribution in [0.15, 0.2) is 12.7 Å². The van der Waals surface area contributed by atoms with E-state index in [1.54, 1.807) is 0 Å². The maximum atomic E-state index is 11.9. The molecule has 2 amide bonds. The summed E-state index contributed by atoms with van der Waals surface area (Å²) in [4.78, 5) is 22.8. The first-order valence-electron chi connectivity index (χ1n) is 6.77. The van der Waals surface area contributed by atoms with Gasteiger partial charge in [-0.15, -0.1) is 6.58 Å². The van der Waals surface area contributed by atoms with Crippen molar-refractivity contribution in [3.63, 3.8) is 0 Å². The average molecular weight is 268 g/mol. The Labute approximate surface area is 114 Å². The van der Waals surface area contributed by atoms with Crippen molar-refractivity contribution in [1.82, 2.24) is 10.6 Å². The quantitative estimate of drug-likeness (QED) is 0.669. The lowest BCUT2D eigenvalue weighted by atomic mass is 9.73. The van der Waals surface area contributed by atoms with Crippen LogP contribution in [0.5, 0.6) is 0 Å². The van der Waals surface area contributed by atoms with E-state index >= 15 is 0 Å². The number of carboxylic acids is 1. The van der Waals surface area contributed by atoms with Gasteiger partial charge in [0.25, 0.3) is 0 Å². The molecule has 0 spiro atoms. The Kier molecular flexibility index (Phi) is 5.39. The minimum Gasteiger partial charge on any atom is -0.480 e. The summed E-state index contributed by atoms with van der Waals surface area (Å²) >= 11 is 0. The summed E-state index contributed by atoms with van der Waals surface area (Å²) in [6.45, 7) is 7.76. The predicted octanol–water partition coefficient (Wildman–Crippen LogP) is 2.28. The molecule has 108 valence electrons. The molecule has 0 heterocycles. The lowest BCUT2D eigenvalue weighted by Crippen LogP contribution is -2.53. The number of nitrogens with one attached hydrogen (secondary N) is 2. The molecule has 1 aliphatic carbocycles. The van der Waals surface area contributed by atoms with E-state index in [2.05, 4.69) is 31.1 Å². The average Bonchev–Trinajstić information content (AvgIpc) is 2.31. The van der Waals surface area contributed by atoms with Crippen molar-refractivity contribution < 1.29 is 14.7 Å². The van der Waals surface area contributed by atoms with Crippen LogP contribution < -0.4 is 10.6 Å². The van der Waals surface area contributed by atoms with Crippen molar-refractivity contribution in [2.24, 2.45) is 5.41 Å². The van der Waals surface area contributed by atoms with Gasteiger partial charge in [0.2, 0.25) is 0 Å². The minimum atomic E-state index is -1.04. The van der Waals surface area contributed by atoms with Gasteiger partial charge in [-0.2, -0.15) is 0 Å². The van der Waals surface area contributed by atoms with Crippen LogP contribution in [0.2, 0.25) is 0 Å². The standard InChI is InChI=1S/C14H24N2O3/c1-4-7-10(12(17)18)15-13(19)16-11-8-5-6-9-14(11,2)3/h4,10-11H,1,5-9H2,2-3H3,(H,17,18)(H2,15,16,19). The number of carbonyl (C=O) groups excluding carboxylic acids is 1. The molecule has 0 aromatic carbocycles. The number of hydrogen-bond donors (Lipinski definition) is 3. The number of aliphatic carboxylic acids is 1. The van der Waals surface area contributed by atoms with Gasteiger partial charge in [-0.25, -0.2) is 9.59 Å². The first kappa shape index (κ1) is 15.5. The summed E-state index contributed by atoms with van der Waals surface area (Å²) in [5.41, 5.74) is 0.0622. The van der Waals surface area contributed by atoms with E-state index in [1.165, 1.54) is 12.5 Å². The second kappa shape index (κ2) is 6.59. The molecule has 1 fully saturated rings. The molecule has 0 radical (unpaired) electrons. The van der Waals surface area contributed by atoms with E-state index < -0.39 is 18.0 Å². The zero-order valence-corrected chi connectivity index (χ0v) is 11.7. The fourth-order valence-electron chi connectivity index (χ4n) is 2.51. The molecule has 0 aromatic heterocycles. The van der Waals surface area contributed by atoms with Gasteiger partial charge in [-0.05, 0) is 24.7 Å². The molecule has 5 heteroatoms. The van der Waals surface area contributed by atoms with E-state index in [-0.39, 0.29) is 17.9 Å².